The minimum Gasteiger partial charge on any atom is -0.470 e. The van der Waals surface area contributed by atoms with E-state index in [1.165, 1.54) is 99.3 Å². The van der Waals surface area contributed by atoms with Crippen LogP contribution in [0.15, 0.2) is 180 Å². The molecule has 0 N–H and O–H groups in total. The summed E-state index contributed by atoms with van der Waals surface area (Å²) >= 11 is 10.2. The van der Waals surface area contributed by atoms with Crippen LogP contribution >= 0.6 is 68.0 Å². The predicted molar refractivity (Wildman–Crippen MR) is 451 cm³/mol. The van der Waals surface area contributed by atoms with Crippen LogP contribution in [0.1, 0.15) is 228 Å². The molecule has 0 saturated carbocycles. The van der Waals surface area contributed by atoms with Crippen LogP contribution in [0, 0.1) is 35.8 Å². The molecule has 2 aliphatic heterocycles. The SMILES string of the molecule is [C-]#[N+]/C(C#N)=C1\C(=C\c2cc3sc4c(c3s2)C(c2ccc(CCCCCC)cc2)(c2ccc(CCCCCC)cc2)Oc2c-4sc3c4c(sc23)-c2sc3cc(/C=C5\C(=O)c6ccccc6\C5=C(\C#N)[N+]#[C-])sc3c2C(c2ccc(CCCCCC)cc2)(c2ccc(CCCCCC)cc2)O4)C(=O)c2ccccc21. The first-order valence-electron chi connectivity index (χ1n) is 38.3. The highest BCUT2D eigenvalue weighted by molar-refractivity contribution is 7.37. The quantitative estimate of drug-likeness (QED) is 0.0231. The number of carbonyl (C=O) groups excluding carboxylic acids is 2. The molecule has 16 rings (SSSR count). The molecule has 2 aliphatic carbocycles. The zero-order valence-corrected chi connectivity index (χ0v) is 66.1. The number of nitriles is 2. The van der Waals surface area contributed by atoms with Crippen LogP contribution in [0.3, 0.4) is 0 Å². The number of hydrogen-bond donors (Lipinski definition) is 0. The zero-order valence-electron chi connectivity index (χ0n) is 61.2. The van der Waals surface area contributed by atoms with Gasteiger partial charge in [-0.05, 0) is 109 Å². The van der Waals surface area contributed by atoms with Crippen molar-refractivity contribution in [2.24, 2.45) is 0 Å². The summed E-state index contributed by atoms with van der Waals surface area (Å²) in [6, 6.07) is 60.1. The summed E-state index contributed by atoms with van der Waals surface area (Å²) in [5.41, 5.74) is 12.2. The fourth-order valence-electron chi connectivity index (χ4n) is 16.4. The van der Waals surface area contributed by atoms with Crippen molar-refractivity contribution in [3.63, 3.8) is 0 Å². The van der Waals surface area contributed by atoms with Crippen molar-refractivity contribution in [2.75, 3.05) is 0 Å². The Bertz CT molecular complexity index is 5340. The molecule has 4 aliphatic rings. The number of hydrogen-bond acceptors (Lipinski definition) is 12. The van der Waals surface area contributed by atoms with E-state index in [4.69, 9.17) is 22.6 Å². The maximum Gasteiger partial charge on any atom is 0.270 e. The summed E-state index contributed by atoms with van der Waals surface area (Å²) in [5.74, 6) is 1.20. The Balaban J connectivity index is 0.933. The van der Waals surface area contributed by atoms with E-state index in [2.05, 4.69) is 159 Å². The van der Waals surface area contributed by atoms with Crippen molar-refractivity contribution in [1.29, 1.82) is 10.5 Å². The molecule has 0 amide bonds. The maximum absolute atomic E-state index is 14.6. The summed E-state index contributed by atoms with van der Waals surface area (Å²) in [6.07, 6.45) is 26.3. The Morgan fingerprint density at radius 3 is 1.01 bits per heavy atom. The number of Topliss-reactive ketones (excluding diaryl/α,β-unsaturated/α-hetero) is 2. The topological polar surface area (TPSA) is 109 Å². The van der Waals surface area contributed by atoms with Crippen molar-refractivity contribution < 1.29 is 19.1 Å². The molecule has 0 atom stereocenters. The molecule has 6 aromatic heterocycles. The molecule has 0 unspecified atom stereocenters. The lowest BCUT2D eigenvalue weighted by Gasteiger charge is -2.39. The van der Waals surface area contributed by atoms with E-state index < -0.39 is 11.2 Å². The summed E-state index contributed by atoms with van der Waals surface area (Å²) in [6.45, 7) is 25.2. The first-order chi connectivity index (χ1) is 53.0. The van der Waals surface area contributed by atoms with E-state index >= 15 is 0 Å². The minimum absolute atomic E-state index is 0.110. The third kappa shape index (κ3) is 12.7. The van der Waals surface area contributed by atoms with Crippen LogP contribution in [0.2, 0.25) is 0 Å². The molecule has 14 heteroatoms. The van der Waals surface area contributed by atoms with E-state index in [0.29, 0.717) is 44.5 Å². The van der Waals surface area contributed by atoms with Crippen molar-refractivity contribution in [1.82, 2.24) is 0 Å². The fourth-order valence-corrected chi connectivity index (χ4v) is 24.7. The second kappa shape index (κ2) is 31.0. The summed E-state index contributed by atoms with van der Waals surface area (Å²) in [7, 11) is 0. The largest absolute Gasteiger partial charge is 0.470 e. The van der Waals surface area contributed by atoms with Crippen molar-refractivity contribution in [3.8, 4) is 43.1 Å². The molecule has 12 aromatic rings. The number of nitrogens with zero attached hydrogens (tertiary/aromatic N) is 4. The highest BCUT2D eigenvalue weighted by atomic mass is 32.1. The van der Waals surface area contributed by atoms with Gasteiger partial charge >= 0.3 is 0 Å². The lowest BCUT2D eigenvalue weighted by molar-refractivity contribution is 0.103. The van der Waals surface area contributed by atoms with Gasteiger partial charge in [-0.3, -0.25) is 9.59 Å². The average Bonchev–Trinajstić information content (AvgIpc) is 1.57. The molecular formula is C94H80N4O4S6. The normalized spacial score (nSPS) is 16.0. The van der Waals surface area contributed by atoms with Crippen LogP contribution in [0.4, 0.5) is 0 Å². The standard InChI is InChI=1S/C94H80N4O4S6/c1-7-11-15-19-27-57-35-43-61(44-36-57)93(62-45-37-58(38-46-62)28-20-16-12-8-2)79-85-75(53-65(103-85)51-71-77(73(55-95)97-5)67-31-23-25-33-69(67)81(71)99)105-87(79)89-83(101-93)91-92(107-89)84-90(108-91)88-80(86-76(106-88)54-66(104-86)52-72-78(74(56-96)98-6)68-32-24-26-34-70(68)82(72)100)94(102-84,63-47-39-59(40-48-63)29-21-17-13-9-3)64-49-41-60(42-50-64)30-22-18-14-10-4/h23-26,31-54H,7-22,27-30H2,1-4H3/b71-51-,72-52-,77-73-,78-74+. The maximum atomic E-state index is 14.6. The number of ketones is 2. The van der Waals surface area contributed by atoms with Crippen LogP contribution < -0.4 is 9.47 Å². The number of benzene rings is 6. The number of fused-ring (bicyclic) bond motifs is 15. The van der Waals surface area contributed by atoms with Gasteiger partial charge in [0.15, 0.2) is 34.3 Å². The summed E-state index contributed by atoms with van der Waals surface area (Å²) in [4.78, 5) is 42.5. The second-order valence-electron chi connectivity index (χ2n) is 28.8. The van der Waals surface area contributed by atoms with Gasteiger partial charge in [-0.2, -0.15) is 0 Å². The van der Waals surface area contributed by atoms with Crippen LogP contribution in [-0.4, -0.2) is 11.6 Å². The number of ether oxygens (including phenoxy) is 2. The third-order valence-corrected chi connectivity index (χ3v) is 29.5. The fraction of sp³-hybridized carbons (Fsp3) is 0.277. The zero-order chi connectivity index (χ0) is 74.2. The molecule has 0 spiro atoms. The van der Waals surface area contributed by atoms with E-state index in [0.717, 1.165) is 154 Å². The monoisotopic (exact) mass is 1520 g/mol. The van der Waals surface area contributed by atoms with E-state index in [1.807, 2.05) is 48.6 Å². The van der Waals surface area contributed by atoms with Crippen LogP contribution in [0.5, 0.6) is 11.5 Å². The first-order valence-corrected chi connectivity index (χ1v) is 43.2. The minimum atomic E-state index is -1.19. The molecule has 6 aromatic carbocycles. The van der Waals surface area contributed by atoms with E-state index in [1.54, 1.807) is 80.2 Å². The lowest BCUT2D eigenvalue weighted by Crippen LogP contribution is -2.38. The highest BCUT2D eigenvalue weighted by Gasteiger charge is 2.53. The van der Waals surface area contributed by atoms with Crippen LogP contribution in [-0.2, 0) is 36.9 Å². The van der Waals surface area contributed by atoms with Gasteiger partial charge in [0, 0.05) is 86.0 Å². The van der Waals surface area contributed by atoms with Crippen molar-refractivity contribution >= 4 is 131 Å². The number of rotatable bonds is 26. The smallest absolute Gasteiger partial charge is 0.270 e. The average molecular weight is 1520 g/mol. The molecule has 0 fully saturated rings. The van der Waals surface area contributed by atoms with Gasteiger partial charge in [-0.15, -0.1) is 68.0 Å². The van der Waals surface area contributed by atoms with Crippen molar-refractivity contribution in [3.05, 3.63) is 291 Å². The number of unbranched alkanes of at least 4 members (excludes halogenated alkanes) is 12. The second-order valence-corrected chi connectivity index (χ2v) is 35.1. The Hall–Kier alpha value is -9.84. The molecule has 8 heterocycles. The Kier molecular flexibility index (Phi) is 20.8. The molecule has 108 heavy (non-hydrogen) atoms. The van der Waals surface area contributed by atoms with Gasteiger partial charge in [-0.25, -0.2) is 20.2 Å². The first kappa shape index (κ1) is 72.4. The van der Waals surface area contributed by atoms with E-state index in [-0.39, 0.29) is 23.0 Å². The van der Waals surface area contributed by atoms with Gasteiger partial charge in [0.25, 0.3) is 11.4 Å². The summed E-state index contributed by atoms with van der Waals surface area (Å²) < 4.78 is 23.0. The highest BCUT2D eigenvalue weighted by Crippen LogP contribution is 2.69. The molecule has 8 nitrogen and oxygen atoms in total. The van der Waals surface area contributed by atoms with Gasteiger partial charge in [0.2, 0.25) is 0 Å². The van der Waals surface area contributed by atoms with Crippen LogP contribution in [0.25, 0.3) is 80.7 Å². The summed E-state index contributed by atoms with van der Waals surface area (Å²) in [5, 5.41) is 20.8. The number of allylic oxidation sites excluding steroid dienone is 6. The van der Waals surface area contributed by atoms with Gasteiger partial charge in [-0.1, -0.05) is 250 Å². The molecule has 536 valence electrons. The van der Waals surface area contributed by atoms with Crippen molar-refractivity contribution in [2.45, 2.75) is 167 Å². The number of thiophene rings is 6. The number of carbonyl (C=O) groups is 2. The Morgan fingerprint density at radius 1 is 0.398 bits per heavy atom. The van der Waals surface area contributed by atoms with Gasteiger partial charge < -0.3 is 9.47 Å². The van der Waals surface area contributed by atoms with Gasteiger partial charge in [0.05, 0.1) is 63.6 Å². The lowest BCUT2D eigenvalue weighted by atomic mass is 9.78. The molecule has 0 radical (unpaired) electrons. The Morgan fingerprint density at radius 2 is 0.713 bits per heavy atom. The Labute approximate surface area is 656 Å². The molecule has 0 bridgehead atoms. The van der Waals surface area contributed by atoms with Gasteiger partial charge in [0.1, 0.15) is 0 Å². The molecular weight excluding hydrogens is 1440 g/mol. The predicted octanol–water partition coefficient (Wildman–Crippen LogP) is 27.6. The molecule has 0 saturated heterocycles. The van der Waals surface area contributed by atoms with E-state index in [9.17, 15) is 20.1 Å². The number of aryl methyl sites for hydroxylation is 4. The third-order valence-electron chi connectivity index (χ3n) is 21.9.